The Bertz CT molecular complexity index is 579. The van der Waals surface area contributed by atoms with E-state index in [4.69, 9.17) is 32.4 Å². The Kier molecular flexibility index (Phi) is 5.34. The van der Waals surface area contributed by atoms with Gasteiger partial charge >= 0.3 is 0 Å². The van der Waals surface area contributed by atoms with Crippen molar-refractivity contribution in [1.29, 1.82) is 0 Å². The van der Waals surface area contributed by atoms with E-state index in [0.29, 0.717) is 32.6 Å². The Morgan fingerprint density at radius 2 is 2.20 bits per heavy atom. The predicted octanol–water partition coefficient (Wildman–Crippen LogP) is 4.04. The van der Waals surface area contributed by atoms with Gasteiger partial charge in [0.25, 0.3) is 5.91 Å². The first kappa shape index (κ1) is 15.2. The molecule has 1 N–H and O–H groups in total. The van der Waals surface area contributed by atoms with Crippen LogP contribution in [0.1, 0.15) is 5.76 Å². The van der Waals surface area contributed by atoms with E-state index < -0.39 is 0 Å². The van der Waals surface area contributed by atoms with Gasteiger partial charge in [0.1, 0.15) is 5.76 Å². The second kappa shape index (κ2) is 7.02. The average Bonchev–Trinajstić information content (AvgIpc) is 2.88. The van der Waals surface area contributed by atoms with E-state index >= 15 is 0 Å². The molecule has 1 aromatic heterocycles. The minimum absolute atomic E-state index is 0.152. The largest absolute Gasteiger partial charge is 0.481 e. The maximum atomic E-state index is 11.6. The topological polar surface area (TPSA) is 51.5 Å². The summed E-state index contributed by atoms with van der Waals surface area (Å²) in [6.45, 7) is 0.158. The van der Waals surface area contributed by atoms with Crippen molar-refractivity contribution in [1.82, 2.24) is 5.32 Å². The quantitative estimate of drug-likeness (QED) is 0.853. The number of nitrogens with one attached hydrogen (secondary N) is 1. The SMILES string of the molecule is O=C(COc1c(Cl)cc(Cl)cc1Br)NCc1ccco1. The fourth-order valence-electron chi connectivity index (χ4n) is 1.45. The summed E-state index contributed by atoms with van der Waals surface area (Å²) in [5, 5.41) is 3.48. The third-order valence-electron chi connectivity index (χ3n) is 2.35. The number of hydrogen-bond acceptors (Lipinski definition) is 3. The molecule has 0 saturated heterocycles. The van der Waals surface area contributed by atoms with Crippen LogP contribution in [0.15, 0.2) is 39.4 Å². The van der Waals surface area contributed by atoms with E-state index in [9.17, 15) is 4.79 Å². The van der Waals surface area contributed by atoms with Crippen molar-refractivity contribution in [3.05, 3.63) is 50.8 Å². The van der Waals surface area contributed by atoms with E-state index in [2.05, 4.69) is 21.2 Å². The summed E-state index contributed by atoms with van der Waals surface area (Å²) in [7, 11) is 0. The lowest BCUT2D eigenvalue weighted by atomic mass is 10.3. The van der Waals surface area contributed by atoms with Crippen molar-refractivity contribution in [2.75, 3.05) is 6.61 Å². The molecule has 1 aromatic carbocycles. The van der Waals surface area contributed by atoms with E-state index in [1.54, 1.807) is 30.5 Å². The summed E-state index contributed by atoms with van der Waals surface area (Å²) < 4.78 is 11.1. The van der Waals surface area contributed by atoms with Crippen molar-refractivity contribution in [2.24, 2.45) is 0 Å². The molecule has 0 bridgehead atoms. The molecular weight excluding hydrogens is 369 g/mol. The molecule has 0 aliphatic rings. The van der Waals surface area contributed by atoms with Crippen LogP contribution in [0.5, 0.6) is 5.75 Å². The van der Waals surface area contributed by atoms with E-state index in [0.717, 1.165) is 0 Å². The molecule has 1 amide bonds. The van der Waals surface area contributed by atoms with Gasteiger partial charge in [0, 0.05) is 5.02 Å². The fourth-order valence-corrected chi connectivity index (χ4v) is 2.82. The lowest BCUT2D eigenvalue weighted by molar-refractivity contribution is -0.123. The van der Waals surface area contributed by atoms with Crippen molar-refractivity contribution < 1.29 is 13.9 Å². The molecule has 0 fully saturated rings. The van der Waals surface area contributed by atoms with E-state index in [1.807, 2.05) is 0 Å². The molecule has 1 heterocycles. The zero-order chi connectivity index (χ0) is 14.5. The van der Waals surface area contributed by atoms with Crippen LogP contribution in [0.2, 0.25) is 10.0 Å². The summed E-state index contributed by atoms with van der Waals surface area (Å²) in [6.07, 6.45) is 1.54. The Morgan fingerprint density at radius 1 is 1.40 bits per heavy atom. The zero-order valence-corrected chi connectivity index (χ0v) is 13.3. The first-order valence-corrected chi connectivity index (χ1v) is 7.17. The van der Waals surface area contributed by atoms with Crippen molar-refractivity contribution in [2.45, 2.75) is 6.54 Å². The van der Waals surface area contributed by atoms with Crippen LogP contribution < -0.4 is 10.1 Å². The molecule has 0 aliphatic heterocycles. The highest BCUT2D eigenvalue weighted by molar-refractivity contribution is 9.10. The summed E-state index contributed by atoms with van der Waals surface area (Å²) >= 11 is 15.1. The van der Waals surface area contributed by atoms with E-state index in [-0.39, 0.29) is 12.5 Å². The number of hydrogen-bond donors (Lipinski definition) is 1. The normalized spacial score (nSPS) is 10.3. The number of amides is 1. The predicted molar refractivity (Wildman–Crippen MR) is 80.2 cm³/mol. The Morgan fingerprint density at radius 3 is 2.85 bits per heavy atom. The van der Waals surface area contributed by atoms with Gasteiger partial charge in [-0.15, -0.1) is 0 Å². The van der Waals surface area contributed by atoms with Crippen LogP contribution in [-0.2, 0) is 11.3 Å². The first-order chi connectivity index (χ1) is 9.56. The molecule has 0 unspecified atom stereocenters. The third kappa shape index (κ3) is 4.16. The Balaban J connectivity index is 1.87. The first-order valence-electron chi connectivity index (χ1n) is 5.62. The van der Waals surface area contributed by atoms with Gasteiger partial charge in [0.05, 0.1) is 22.3 Å². The second-order valence-electron chi connectivity index (χ2n) is 3.84. The molecule has 2 aromatic rings. The molecule has 20 heavy (non-hydrogen) atoms. The van der Waals surface area contributed by atoms with Gasteiger partial charge in [-0.3, -0.25) is 4.79 Å². The number of carbonyl (C=O) groups is 1. The van der Waals surface area contributed by atoms with Crippen molar-refractivity contribution in [3.8, 4) is 5.75 Å². The molecule has 0 aliphatic carbocycles. The van der Waals surface area contributed by atoms with Gasteiger partial charge < -0.3 is 14.5 Å². The lowest BCUT2D eigenvalue weighted by Crippen LogP contribution is -2.28. The van der Waals surface area contributed by atoms with Crippen LogP contribution in [0.4, 0.5) is 0 Å². The highest BCUT2D eigenvalue weighted by Gasteiger charge is 2.11. The number of furan rings is 1. The summed E-state index contributed by atoms with van der Waals surface area (Å²) in [6, 6.07) is 6.71. The van der Waals surface area contributed by atoms with Crippen molar-refractivity contribution >= 4 is 45.0 Å². The van der Waals surface area contributed by atoms with Crippen LogP contribution >= 0.6 is 39.1 Å². The molecular formula is C13H10BrCl2NO3. The maximum Gasteiger partial charge on any atom is 0.258 e. The van der Waals surface area contributed by atoms with Gasteiger partial charge in [0.15, 0.2) is 12.4 Å². The lowest BCUT2D eigenvalue weighted by Gasteiger charge is -2.10. The standard InChI is InChI=1S/C13H10BrCl2NO3/c14-10-4-8(15)5-11(16)13(10)20-7-12(18)17-6-9-2-1-3-19-9/h1-5H,6-7H2,(H,17,18). The Labute approximate surface area is 134 Å². The van der Waals surface area contributed by atoms with Crippen LogP contribution in [0.25, 0.3) is 0 Å². The highest BCUT2D eigenvalue weighted by Crippen LogP contribution is 2.35. The number of benzene rings is 1. The monoisotopic (exact) mass is 377 g/mol. The van der Waals surface area contributed by atoms with Gasteiger partial charge in [-0.2, -0.15) is 0 Å². The number of rotatable bonds is 5. The van der Waals surface area contributed by atoms with Gasteiger partial charge in [-0.1, -0.05) is 23.2 Å². The summed E-state index contributed by atoms with van der Waals surface area (Å²) in [5.41, 5.74) is 0. The highest BCUT2D eigenvalue weighted by atomic mass is 79.9. The third-order valence-corrected chi connectivity index (χ3v) is 3.44. The minimum Gasteiger partial charge on any atom is -0.481 e. The molecule has 0 atom stereocenters. The number of ether oxygens (including phenoxy) is 1. The van der Waals surface area contributed by atoms with Gasteiger partial charge in [-0.25, -0.2) is 0 Å². The summed E-state index contributed by atoms with van der Waals surface area (Å²) in [5.74, 6) is 0.771. The molecule has 0 radical (unpaired) electrons. The summed E-state index contributed by atoms with van der Waals surface area (Å²) in [4.78, 5) is 11.6. The minimum atomic E-state index is -0.278. The second-order valence-corrected chi connectivity index (χ2v) is 5.54. The molecule has 106 valence electrons. The van der Waals surface area contributed by atoms with Gasteiger partial charge in [-0.05, 0) is 40.2 Å². The molecule has 0 saturated carbocycles. The van der Waals surface area contributed by atoms with Crippen LogP contribution in [0.3, 0.4) is 0 Å². The maximum absolute atomic E-state index is 11.6. The Hall–Kier alpha value is -1.17. The number of carbonyl (C=O) groups excluding carboxylic acids is 1. The smallest absolute Gasteiger partial charge is 0.258 e. The van der Waals surface area contributed by atoms with Crippen molar-refractivity contribution in [3.63, 3.8) is 0 Å². The fraction of sp³-hybridized carbons (Fsp3) is 0.154. The molecule has 7 heteroatoms. The van der Waals surface area contributed by atoms with E-state index in [1.165, 1.54) is 0 Å². The molecule has 0 spiro atoms. The zero-order valence-electron chi connectivity index (χ0n) is 10.2. The average molecular weight is 379 g/mol. The van der Waals surface area contributed by atoms with Crippen LogP contribution in [-0.4, -0.2) is 12.5 Å². The number of halogens is 3. The van der Waals surface area contributed by atoms with Gasteiger partial charge in [0.2, 0.25) is 0 Å². The molecule has 2 rings (SSSR count). The van der Waals surface area contributed by atoms with Crippen LogP contribution in [0, 0.1) is 0 Å². The molecule has 4 nitrogen and oxygen atoms in total.